The van der Waals surface area contributed by atoms with Crippen molar-refractivity contribution in [3.05, 3.63) is 12.2 Å². The van der Waals surface area contributed by atoms with Gasteiger partial charge in [0.05, 0.1) is 18.8 Å². The summed E-state index contributed by atoms with van der Waals surface area (Å²) in [5.41, 5.74) is 0. The van der Waals surface area contributed by atoms with Crippen molar-refractivity contribution in [2.45, 2.75) is 373 Å². The highest BCUT2D eigenvalue weighted by Crippen LogP contribution is 2.19. The molecule has 0 bridgehead atoms. The van der Waals surface area contributed by atoms with Gasteiger partial charge in [0.25, 0.3) is 0 Å². The van der Waals surface area contributed by atoms with Gasteiger partial charge in [0, 0.05) is 6.42 Å². The van der Waals surface area contributed by atoms with Crippen LogP contribution in [0.15, 0.2) is 12.2 Å². The van der Waals surface area contributed by atoms with Crippen LogP contribution in [0.2, 0.25) is 0 Å². The lowest BCUT2D eigenvalue weighted by molar-refractivity contribution is -0.123. The summed E-state index contributed by atoms with van der Waals surface area (Å²) in [6, 6.07) is -0.619. The van der Waals surface area contributed by atoms with Gasteiger partial charge in [-0.05, 0) is 19.3 Å². The first kappa shape index (κ1) is 65.1. The third-order valence-electron chi connectivity index (χ3n) is 14.8. The van der Waals surface area contributed by atoms with Gasteiger partial charge in [-0.1, -0.05) is 347 Å². The fourth-order valence-electron chi connectivity index (χ4n) is 10.1. The summed E-state index contributed by atoms with van der Waals surface area (Å²) in [5.74, 6) is -0.0543. The van der Waals surface area contributed by atoms with Gasteiger partial charge < -0.3 is 15.5 Å². The van der Waals surface area contributed by atoms with Crippen molar-refractivity contribution in [1.82, 2.24) is 5.32 Å². The highest BCUT2D eigenvalue weighted by Gasteiger charge is 2.18. The zero-order valence-electron chi connectivity index (χ0n) is 45.5. The second-order valence-corrected chi connectivity index (χ2v) is 21.5. The molecule has 0 rings (SSSR count). The lowest BCUT2D eigenvalue weighted by Gasteiger charge is -2.20. The first-order valence-corrected chi connectivity index (χ1v) is 30.9. The minimum absolute atomic E-state index is 0.0543. The Morgan fingerprint density at radius 1 is 0.348 bits per heavy atom. The summed E-state index contributed by atoms with van der Waals surface area (Å²) in [5, 5.41) is 23.2. The third-order valence-corrected chi connectivity index (χ3v) is 14.8. The first-order valence-electron chi connectivity index (χ1n) is 30.9. The molecule has 0 heterocycles. The lowest BCUT2D eigenvalue weighted by atomic mass is 10.0. The van der Waals surface area contributed by atoms with Crippen molar-refractivity contribution in [2.24, 2.45) is 0 Å². The van der Waals surface area contributed by atoms with Gasteiger partial charge in [-0.25, -0.2) is 0 Å². The Bertz CT molecular complexity index is 921. The van der Waals surface area contributed by atoms with Gasteiger partial charge in [-0.3, -0.25) is 4.79 Å². The Hall–Kier alpha value is -0.870. The van der Waals surface area contributed by atoms with E-state index in [1.165, 1.54) is 315 Å². The lowest BCUT2D eigenvalue weighted by Crippen LogP contribution is -2.45. The Balaban J connectivity index is 3.42. The Kier molecular flexibility index (Phi) is 57.7. The van der Waals surface area contributed by atoms with E-state index in [4.69, 9.17) is 0 Å². The molecule has 2 atom stereocenters. The number of hydrogen-bond donors (Lipinski definition) is 3. The Morgan fingerprint density at radius 2 is 0.561 bits per heavy atom. The average molecular weight is 931 g/mol. The zero-order valence-corrected chi connectivity index (χ0v) is 45.5. The molecule has 0 radical (unpaired) electrons. The number of aliphatic hydroxyl groups is 2. The molecule has 394 valence electrons. The van der Waals surface area contributed by atoms with Crippen LogP contribution in [0.3, 0.4) is 0 Å². The van der Waals surface area contributed by atoms with Crippen LogP contribution in [0.4, 0.5) is 0 Å². The maximum absolute atomic E-state index is 12.5. The maximum atomic E-state index is 12.5. The predicted octanol–water partition coefficient (Wildman–Crippen LogP) is 20.5. The van der Waals surface area contributed by atoms with Crippen LogP contribution in [0, 0.1) is 0 Å². The Labute approximate surface area is 416 Å². The van der Waals surface area contributed by atoms with E-state index in [1.54, 1.807) is 6.08 Å². The van der Waals surface area contributed by atoms with E-state index in [0.29, 0.717) is 6.42 Å². The minimum Gasteiger partial charge on any atom is -0.394 e. The van der Waals surface area contributed by atoms with E-state index >= 15 is 0 Å². The summed E-state index contributed by atoms with van der Waals surface area (Å²) < 4.78 is 0. The van der Waals surface area contributed by atoms with Crippen LogP contribution in [0.25, 0.3) is 0 Å². The van der Waals surface area contributed by atoms with Gasteiger partial charge in [0.2, 0.25) is 5.91 Å². The number of nitrogens with one attached hydrogen (secondary N) is 1. The molecule has 4 heteroatoms. The van der Waals surface area contributed by atoms with E-state index in [1.807, 2.05) is 6.08 Å². The van der Waals surface area contributed by atoms with Gasteiger partial charge in [0.15, 0.2) is 0 Å². The SMILES string of the molecule is CCCCCCCCCCCCCCCCCCCCCCCCCC/C=C/C(O)C(CO)NC(=O)CCCCCCCCCCCCCCCCCCCCCCCCCCCCCC. The van der Waals surface area contributed by atoms with E-state index < -0.39 is 12.1 Å². The predicted molar refractivity (Wildman–Crippen MR) is 295 cm³/mol. The second kappa shape index (κ2) is 58.4. The molecular weight excluding hydrogens is 807 g/mol. The molecule has 0 aromatic rings. The third kappa shape index (κ3) is 54.1. The number of carbonyl (C=O) groups is 1. The normalized spacial score (nSPS) is 12.7. The number of allylic oxidation sites excluding steroid dienone is 1. The van der Waals surface area contributed by atoms with Crippen LogP contribution in [0.5, 0.6) is 0 Å². The van der Waals surface area contributed by atoms with E-state index in [-0.39, 0.29) is 12.5 Å². The molecule has 0 saturated heterocycles. The average Bonchev–Trinajstić information content (AvgIpc) is 3.32. The van der Waals surface area contributed by atoms with Crippen LogP contribution in [-0.4, -0.2) is 34.9 Å². The molecule has 4 nitrogen and oxygen atoms in total. The topological polar surface area (TPSA) is 69.6 Å². The number of aliphatic hydroxyl groups excluding tert-OH is 2. The summed E-state index contributed by atoms with van der Waals surface area (Å²) in [6.07, 6.45) is 76.9. The van der Waals surface area contributed by atoms with Gasteiger partial charge in [0.1, 0.15) is 0 Å². The first-order chi connectivity index (χ1) is 32.7. The molecule has 0 fully saturated rings. The van der Waals surface area contributed by atoms with Crippen LogP contribution in [0.1, 0.15) is 361 Å². The van der Waals surface area contributed by atoms with Crippen molar-refractivity contribution in [3.8, 4) is 0 Å². The van der Waals surface area contributed by atoms with Gasteiger partial charge in [-0.2, -0.15) is 0 Å². The van der Waals surface area contributed by atoms with Crippen molar-refractivity contribution in [1.29, 1.82) is 0 Å². The van der Waals surface area contributed by atoms with Crippen molar-refractivity contribution < 1.29 is 15.0 Å². The molecule has 0 aromatic carbocycles. The highest BCUT2D eigenvalue weighted by atomic mass is 16.3. The molecule has 3 N–H and O–H groups in total. The molecular formula is C62H123NO3. The van der Waals surface area contributed by atoms with E-state index in [9.17, 15) is 15.0 Å². The van der Waals surface area contributed by atoms with Crippen molar-refractivity contribution in [2.75, 3.05) is 6.61 Å². The summed E-state index contributed by atoms with van der Waals surface area (Å²) in [6.45, 7) is 4.36. The molecule has 0 aromatic heterocycles. The maximum Gasteiger partial charge on any atom is 0.220 e. The molecule has 2 unspecified atom stereocenters. The molecule has 1 amide bonds. The molecule has 0 saturated carbocycles. The largest absolute Gasteiger partial charge is 0.394 e. The summed E-state index contributed by atoms with van der Waals surface area (Å²) >= 11 is 0. The smallest absolute Gasteiger partial charge is 0.220 e. The summed E-state index contributed by atoms with van der Waals surface area (Å²) in [7, 11) is 0. The quantitative estimate of drug-likeness (QED) is 0.0420. The van der Waals surface area contributed by atoms with Crippen molar-refractivity contribution >= 4 is 5.91 Å². The second-order valence-electron chi connectivity index (χ2n) is 21.5. The standard InChI is InChI=1S/C62H123NO3/c1-3-5-7-9-11-13-15-17-19-21-23-25-27-29-31-32-34-36-38-40-42-44-46-48-50-52-54-56-58-62(66)63-60(59-64)61(65)57-55-53-51-49-47-45-43-41-39-37-35-33-30-28-26-24-22-20-18-16-14-12-10-8-6-4-2/h55,57,60-61,64-65H,3-54,56,58-59H2,1-2H3,(H,63,66)/b57-55+. The monoisotopic (exact) mass is 930 g/mol. The van der Waals surface area contributed by atoms with E-state index in [0.717, 1.165) is 25.7 Å². The molecule has 0 aliphatic carbocycles. The summed E-state index contributed by atoms with van der Waals surface area (Å²) in [4.78, 5) is 12.5. The number of carbonyl (C=O) groups excluding carboxylic acids is 1. The molecule has 0 aliphatic heterocycles. The van der Waals surface area contributed by atoms with Gasteiger partial charge in [-0.15, -0.1) is 0 Å². The molecule has 0 aliphatic rings. The fraction of sp³-hybridized carbons (Fsp3) is 0.952. The minimum atomic E-state index is -0.836. The molecule has 0 spiro atoms. The number of rotatable bonds is 58. The van der Waals surface area contributed by atoms with Crippen molar-refractivity contribution in [3.63, 3.8) is 0 Å². The van der Waals surface area contributed by atoms with E-state index in [2.05, 4.69) is 19.2 Å². The fourth-order valence-corrected chi connectivity index (χ4v) is 10.1. The van der Waals surface area contributed by atoms with Crippen LogP contribution in [-0.2, 0) is 4.79 Å². The number of hydrogen-bond acceptors (Lipinski definition) is 3. The van der Waals surface area contributed by atoms with Gasteiger partial charge >= 0.3 is 0 Å². The number of unbranched alkanes of at least 4 members (excludes halogenated alkanes) is 51. The zero-order chi connectivity index (χ0) is 47.7. The van der Waals surface area contributed by atoms with Crippen LogP contribution < -0.4 is 5.32 Å². The van der Waals surface area contributed by atoms with Crippen LogP contribution >= 0.6 is 0 Å². The highest BCUT2D eigenvalue weighted by molar-refractivity contribution is 5.76. The Morgan fingerprint density at radius 3 is 0.788 bits per heavy atom. The number of amides is 1. The molecule has 66 heavy (non-hydrogen) atoms.